The van der Waals surface area contributed by atoms with E-state index in [4.69, 9.17) is 9.47 Å². The highest BCUT2D eigenvalue weighted by Crippen LogP contribution is 2.16. The number of nitrogens with zero attached hydrogens (tertiary/aromatic N) is 2. The molecule has 0 spiro atoms. The molecule has 1 aromatic heterocycles. The van der Waals surface area contributed by atoms with Gasteiger partial charge >= 0.3 is 5.97 Å². The first-order valence-corrected chi connectivity index (χ1v) is 8.30. The van der Waals surface area contributed by atoms with Crippen LogP contribution < -0.4 is 10.3 Å². The lowest BCUT2D eigenvalue weighted by molar-refractivity contribution is 0.0443. The summed E-state index contributed by atoms with van der Waals surface area (Å²) in [5, 5.41) is 4.97. The summed E-state index contributed by atoms with van der Waals surface area (Å²) in [5.74, 6) is 0.157. The van der Waals surface area contributed by atoms with Crippen molar-refractivity contribution in [3.05, 3.63) is 69.6 Å². The second-order valence-electron chi connectivity index (χ2n) is 6.13. The zero-order valence-corrected chi connectivity index (χ0v) is 15.0. The van der Waals surface area contributed by atoms with Crippen molar-refractivity contribution in [2.75, 3.05) is 13.2 Å². The Hall–Kier alpha value is -3.15. The fraction of sp³-hybridized carbons (Fsp3) is 0.250. The first-order chi connectivity index (χ1) is 12.5. The van der Waals surface area contributed by atoms with Crippen molar-refractivity contribution in [2.45, 2.75) is 13.8 Å². The number of benzene rings is 2. The van der Waals surface area contributed by atoms with Crippen LogP contribution in [-0.2, 0) is 11.8 Å². The van der Waals surface area contributed by atoms with Gasteiger partial charge in [-0.05, 0) is 43.2 Å². The maximum atomic E-state index is 12.4. The number of aromatic nitrogens is 2. The number of fused-ring (bicyclic) bond motifs is 1. The van der Waals surface area contributed by atoms with E-state index in [2.05, 4.69) is 11.2 Å². The molecule has 0 saturated heterocycles. The summed E-state index contributed by atoms with van der Waals surface area (Å²) in [7, 11) is 1.51. The molecular formula is C20H20N2O4. The number of esters is 1. The van der Waals surface area contributed by atoms with E-state index < -0.39 is 5.97 Å². The van der Waals surface area contributed by atoms with Crippen molar-refractivity contribution in [2.24, 2.45) is 7.05 Å². The predicted octanol–water partition coefficient (Wildman–Crippen LogP) is 2.79. The van der Waals surface area contributed by atoms with Crippen LogP contribution in [0, 0.1) is 13.8 Å². The molecule has 0 aliphatic carbocycles. The van der Waals surface area contributed by atoms with Gasteiger partial charge in [-0.15, -0.1) is 0 Å². The summed E-state index contributed by atoms with van der Waals surface area (Å²) in [4.78, 5) is 24.5. The van der Waals surface area contributed by atoms with Crippen molar-refractivity contribution >= 4 is 16.7 Å². The first kappa shape index (κ1) is 17.7. The minimum absolute atomic E-state index is 0.0880. The Bertz CT molecular complexity index is 1000. The summed E-state index contributed by atoms with van der Waals surface area (Å²) in [6.45, 7) is 4.32. The van der Waals surface area contributed by atoms with E-state index >= 15 is 0 Å². The molecule has 0 amide bonds. The van der Waals surface area contributed by atoms with Gasteiger partial charge in [0.15, 0.2) is 5.69 Å². The van der Waals surface area contributed by atoms with E-state index in [1.165, 1.54) is 7.05 Å². The van der Waals surface area contributed by atoms with E-state index in [9.17, 15) is 9.59 Å². The number of ether oxygens (including phenoxy) is 2. The molecule has 0 N–H and O–H groups in total. The average molecular weight is 352 g/mol. The number of carbonyl (C=O) groups is 1. The molecule has 6 nitrogen and oxygen atoms in total. The fourth-order valence-electron chi connectivity index (χ4n) is 2.83. The third-order valence-electron chi connectivity index (χ3n) is 3.93. The summed E-state index contributed by atoms with van der Waals surface area (Å²) in [6, 6.07) is 12.8. The molecule has 0 radical (unpaired) electrons. The molecule has 0 atom stereocenters. The van der Waals surface area contributed by atoms with Crippen LogP contribution in [0.2, 0.25) is 0 Å². The van der Waals surface area contributed by atoms with Crippen molar-refractivity contribution in [1.82, 2.24) is 9.78 Å². The van der Waals surface area contributed by atoms with Gasteiger partial charge in [0, 0.05) is 12.4 Å². The van der Waals surface area contributed by atoms with Crippen LogP contribution in [0.4, 0.5) is 0 Å². The van der Waals surface area contributed by atoms with Crippen LogP contribution in [0.1, 0.15) is 21.6 Å². The SMILES string of the molecule is Cc1cc(C)cc(OCCOC(=O)c2nn(C)c(=O)c3ccccc23)c1. The molecular weight excluding hydrogens is 332 g/mol. The van der Waals surface area contributed by atoms with E-state index in [1.807, 2.05) is 26.0 Å². The minimum atomic E-state index is -0.583. The van der Waals surface area contributed by atoms with Gasteiger partial charge in [0.25, 0.3) is 5.56 Å². The predicted molar refractivity (Wildman–Crippen MR) is 98.7 cm³/mol. The van der Waals surface area contributed by atoms with Crippen LogP contribution in [0.15, 0.2) is 47.3 Å². The topological polar surface area (TPSA) is 70.4 Å². The van der Waals surface area contributed by atoms with Crippen LogP contribution in [0.3, 0.4) is 0 Å². The number of rotatable bonds is 5. The Morgan fingerprint density at radius 3 is 2.38 bits per heavy atom. The lowest BCUT2D eigenvalue weighted by Gasteiger charge is -2.10. The highest BCUT2D eigenvalue weighted by Gasteiger charge is 2.16. The van der Waals surface area contributed by atoms with Gasteiger partial charge in [0.05, 0.1) is 5.39 Å². The molecule has 0 fully saturated rings. The molecule has 0 aliphatic rings. The van der Waals surface area contributed by atoms with Gasteiger partial charge in [-0.3, -0.25) is 4.79 Å². The van der Waals surface area contributed by atoms with Gasteiger partial charge < -0.3 is 9.47 Å². The summed E-state index contributed by atoms with van der Waals surface area (Å²) in [5.41, 5.74) is 2.08. The monoisotopic (exact) mass is 352 g/mol. The molecule has 0 aliphatic heterocycles. The van der Waals surface area contributed by atoms with E-state index in [1.54, 1.807) is 24.3 Å². The summed E-state index contributed by atoms with van der Waals surface area (Å²) >= 11 is 0. The molecule has 3 rings (SSSR count). The van der Waals surface area contributed by atoms with Crippen LogP contribution in [0.5, 0.6) is 5.75 Å². The third kappa shape index (κ3) is 3.74. The standard InChI is InChI=1S/C20H20N2O4/c1-13-10-14(2)12-15(11-13)25-8-9-26-20(24)18-16-6-4-5-7-17(16)19(23)22(3)21-18/h4-7,10-12H,8-9H2,1-3H3. The van der Waals surface area contributed by atoms with E-state index in [0.29, 0.717) is 10.8 Å². The molecule has 6 heteroatoms. The molecule has 3 aromatic rings. The zero-order valence-electron chi connectivity index (χ0n) is 15.0. The van der Waals surface area contributed by atoms with E-state index in [0.717, 1.165) is 21.6 Å². The molecule has 0 saturated carbocycles. The van der Waals surface area contributed by atoms with E-state index in [-0.39, 0.29) is 24.5 Å². The number of aryl methyl sites for hydroxylation is 3. The Kier molecular flexibility index (Phi) is 5.02. The average Bonchev–Trinajstić information content (AvgIpc) is 2.61. The molecule has 26 heavy (non-hydrogen) atoms. The second-order valence-corrected chi connectivity index (χ2v) is 6.13. The first-order valence-electron chi connectivity index (χ1n) is 8.30. The highest BCUT2D eigenvalue weighted by atomic mass is 16.6. The fourth-order valence-corrected chi connectivity index (χ4v) is 2.83. The normalized spacial score (nSPS) is 10.7. The molecule has 1 heterocycles. The largest absolute Gasteiger partial charge is 0.490 e. The van der Waals surface area contributed by atoms with Gasteiger partial charge in [0.2, 0.25) is 0 Å². The number of hydrogen-bond donors (Lipinski definition) is 0. The van der Waals surface area contributed by atoms with Crippen molar-refractivity contribution in [3.63, 3.8) is 0 Å². The second kappa shape index (κ2) is 7.39. The maximum absolute atomic E-state index is 12.4. The van der Waals surface area contributed by atoms with Crippen LogP contribution >= 0.6 is 0 Å². The van der Waals surface area contributed by atoms with Gasteiger partial charge in [-0.25, -0.2) is 9.48 Å². The smallest absolute Gasteiger partial charge is 0.359 e. The molecule has 134 valence electrons. The lowest BCUT2D eigenvalue weighted by atomic mass is 10.1. The number of hydrogen-bond acceptors (Lipinski definition) is 5. The van der Waals surface area contributed by atoms with Gasteiger partial charge in [-0.1, -0.05) is 24.3 Å². The molecule has 0 unspecified atom stereocenters. The van der Waals surface area contributed by atoms with Gasteiger partial charge in [0.1, 0.15) is 19.0 Å². The lowest BCUT2D eigenvalue weighted by Crippen LogP contribution is -2.24. The van der Waals surface area contributed by atoms with Crippen molar-refractivity contribution in [1.29, 1.82) is 0 Å². The Labute approximate surface area is 151 Å². The van der Waals surface area contributed by atoms with Gasteiger partial charge in [-0.2, -0.15) is 5.10 Å². The quantitative estimate of drug-likeness (QED) is 0.522. The van der Waals surface area contributed by atoms with Crippen LogP contribution in [-0.4, -0.2) is 29.0 Å². The molecule has 0 bridgehead atoms. The zero-order chi connectivity index (χ0) is 18.7. The third-order valence-corrected chi connectivity index (χ3v) is 3.93. The Morgan fingerprint density at radius 1 is 1.04 bits per heavy atom. The molecule has 2 aromatic carbocycles. The Morgan fingerprint density at radius 2 is 1.69 bits per heavy atom. The Balaban J connectivity index is 1.68. The maximum Gasteiger partial charge on any atom is 0.359 e. The summed E-state index contributed by atoms with van der Waals surface area (Å²) in [6.07, 6.45) is 0. The minimum Gasteiger partial charge on any atom is -0.490 e. The number of carbonyl (C=O) groups excluding carboxylic acids is 1. The summed E-state index contributed by atoms with van der Waals surface area (Å²) < 4.78 is 12.0. The highest BCUT2D eigenvalue weighted by molar-refractivity contribution is 6.02. The van der Waals surface area contributed by atoms with Crippen molar-refractivity contribution in [3.8, 4) is 5.75 Å². The van der Waals surface area contributed by atoms with Crippen LogP contribution in [0.25, 0.3) is 10.8 Å². The van der Waals surface area contributed by atoms with Crippen molar-refractivity contribution < 1.29 is 14.3 Å².